The standard InChI is InChI=1S/C18H22ClN5O3/c1-3-27-10-9-24-16(25)14-15(21(2)18(24)26)20-17-22(7-8-23(14)17)13-6-4-5-12(19)11-13/h4-6,11,14-15H,3,7-10H2,1-2H3. The van der Waals surface area contributed by atoms with Gasteiger partial charge < -0.3 is 19.4 Å². The maximum atomic E-state index is 13.1. The number of fused-ring (bicyclic) bond motifs is 3. The second-order valence-corrected chi connectivity index (χ2v) is 7.13. The van der Waals surface area contributed by atoms with Crippen molar-refractivity contribution in [3.05, 3.63) is 29.3 Å². The van der Waals surface area contributed by atoms with Crippen molar-refractivity contribution in [1.82, 2.24) is 14.7 Å². The SMILES string of the molecule is CCOCCN1C(=O)C2C(N=C3N(c4cccc(Cl)c4)CCN32)N(C)C1=O. The van der Waals surface area contributed by atoms with Gasteiger partial charge >= 0.3 is 6.03 Å². The van der Waals surface area contributed by atoms with Gasteiger partial charge in [0.25, 0.3) is 5.91 Å². The van der Waals surface area contributed by atoms with E-state index in [9.17, 15) is 9.59 Å². The number of ether oxygens (including phenoxy) is 1. The Labute approximate surface area is 162 Å². The molecule has 0 aromatic heterocycles. The van der Waals surface area contributed by atoms with E-state index < -0.39 is 12.2 Å². The number of carbonyl (C=O) groups excluding carboxylic acids is 2. The molecule has 3 amide bonds. The van der Waals surface area contributed by atoms with Crippen molar-refractivity contribution in [3.63, 3.8) is 0 Å². The van der Waals surface area contributed by atoms with Crippen molar-refractivity contribution in [1.29, 1.82) is 0 Å². The minimum atomic E-state index is -0.509. The molecule has 2 atom stereocenters. The first-order chi connectivity index (χ1) is 13.0. The molecule has 0 saturated carbocycles. The number of urea groups is 1. The van der Waals surface area contributed by atoms with Crippen LogP contribution in [-0.2, 0) is 9.53 Å². The number of hydrogen-bond acceptors (Lipinski definition) is 6. The van der Waals surface area contributed by atoms with Crippen LogP contribution in [0.2, 0.25) is 5.02 Å². The molecule has 0 spiro atoms. The van der Waals surface area contributed by atoms with E-state index in [0.29, 0.717) is 37.3 Å². The molecule has 0 N–H and O–H groups in total. The molecule has 3 aliphatic heterocycles. The van der Waals surface area contributed by atoms with Gasteiger partial charge in [0.05, 0.1) is 13.2 Å². The number of rotatable bonds is 5. The van der Waals surface area contributed by atoms with Crippen LogP contribution in [-0.4, -0.2) is 84.7 Å². The third-order valence-corrected chi connectivity index (χ3v) is 5.40. The molecule has 1 aromatic carbocycles. The number of hydrogen-bond donors (Lipinski definition) is 0. The van der Waals surface area contributed by atoms with E-state index in [2.05, 4.69) is 0 Å². The smallest absolute Gasteiger partial charge is 0.328 e. The molecule has 2 unspecified atom stereocenters. The Balaban J connectivity index is 1.60. The topological polar surface area (TPSA) is 68.7 Å². The molecule has 0 aliphatic carbocycles. The lowest BCUT2D eigenvalue weighted by Crippen LogP contribution is -2.65. The Morgan fingerprint density at radius 2 is 2.11 bits per heavy atom. The first-order valence-electron chi connectivity index (χ1n) is 9.06. The number of anilines is 1. The molecule has 9 heteroatoms. The summed E-state index contributed by atoms with van der Waals surface area (Å²) < 4.78 is 5.32. The van der Waals surface area contributed by atoms with Crippen LogP contribution >= 0.6 is 11.6 Å². The van der Waals surface area contributed by atoms with E-state index >= 15 is 0 Å². The Morgan fingerprint density at radius 1 is 1.30 bits per heavy atom. The average molecular weight is 392 g/mol. The average Bonchev–Trinajstić information content (AvgIpc) is 3.22. The van der Waals surface area contributed by atoms with Gasteiger partial charge in [0.1, 0.15) is 0 Å². The molecule has 1 aromatic rings. The number of aliphatic imine (C=N–C) groups is 1. The van der Waals surface area contributed by atoms with E-state index in [1.165, 1.54) is 4.90 Å². The number of imide groups is 1. The summed E-state index contributed by atoms with van der Waals surface area (Å²) in [5.74, 6) is 0.501. The molecular weight excluding hydrogens is 370 g/mol. The first kappa shape index (κ1) is 18.1. The number of amides is 3. The van der Waals surface area contributed by atoms with Crippen LogP contribution in [0.5, 0.6) is 0 Å². The number of carbonyl (C=O) groups is 2. The lowest BCUT2D eigenvalue weighted by molar-refractivity contribution is -0.138. The summed E-state index contributed by atoms with van der Waals surface area (Å²) in [5.41, 5.74) is 0.928. The van der Waals surface area contributed by atoms with E-state index in [0.717, 1.165) is 5.69 Å². The van der Waals surface area contributed by atoms with Crippen molar-refractivity contribution >= 4 is 35.2 Å². The van der Waals surface area contributed by atoms with Crippen molar-refractivity contribution in [3.8, 4) is 0 Å². The number of likely N-dealkylation sites (N-methyl/N-ethyl adjacent to an activating group) is 1. The summed E-state index contributed by atoms with van der Waals surface area (Å²) in [6.07, 6.45) is -0.509. The maximum Gasteiger partial charge on any atom is 0.328 e. The summed E-state index contributed by atoms with van der Waals surface area (Å²) in [5, 5.41) is 0.646. The second kappa shape index (κ2) is 7.01. The molecule has 3 aliphatic rings. The minimum absolute atomic E-state index is 0.213. The molecule has 144 valence electrons. The lowest BCUT2D eigenvalue weighted by atomic mass is 10.1. The van der Waals surface area contributed by atoms with Crippen LogP contribution in [0.4, 0.5) is 10.5 Å². The van der Waals surface area contributed by atoms with Gasteiger partial charge in [-0.25, -0.2) is 9.79 Å². The van der Waals surface area contributed by atoms with Crippen molar-refractivity contribution in [2.45, 2.75) is 19.1 Å². The Kier molecular flexibility index (Phi) is 4.69. The Morgan fingerprint density at radius 3 is 2.85 bits per heavy atom. The number of halogens is 1. The van der Waals surface area contributed by atoms with Gasteiger partial charge in [0.15, 0.2) is 12.2 Å². The summed E-state index contributed by atoms with van der Waals surface area (Å²) in [6.45, 7) is 4.40. The van der Waals surface area contributed by atoms with Gasteiger partial charge in [-0.2, -0.15) is 0 Å². The van der Waals surface area contributed by atoms with Crippen molar-refractivity contribution in [2.24, 2.45) is 4.99 Å². The summed E-state index contributed by atoms with van der Waals surface area (Å²) in [7, 11) is 1.69. The van der Waals surface area contributed by atoms with E-state index in [-0.39, 0.29) is 18.5 Å². The van der Waals surface area contributed by atoms with Crippen LogP contribution < -0.4 is 4.90 Å². The largest absolute Gasteiger partial charge is 0.380 e. The van der Waals surface area contributed by atoms with E-state index in [1.54, 1.807) is 11.9 Å². The molecule has 2 fully saturated rings. The zero-order valence-corrected chi connectivity index (χ0v) is 16.1. The molecule has 27 heavy (non-hydrogen) atoms. The highest BCUT2D eigenvalue weighted by Gasteiger charge is 2.54. The zero-order chi connectivity index (χ0) is 19.1. The highest BCUT2D eigenvalue weighted by molar-refractivity contribution is 6.31. The van der Waals surface area contributed by atoms with Crippen LogP contribution in [0.15, 0.2) is 29.3 Å². The van der Waals surface area contributed by atoms with Crippen LogP contribution in [0.3, 0.4) is 0 Å². The normalized spacial score (nSPS) is 24.5. The van der Waals surface area contributed by atoms with Gasteiger partial charge in [0, 0.05) is 37.5 Å². The highest BCUT2D eigenvalue weighted by atomic mass is 35.5. The van der Waals surface area contributed by atoms with Crippen molar-refractivity contribution < 1.29 is 14.3 Å². The number of nitrogens with zero attached hydrogens (tertiary/aromatic N) is 5. The van der Waals surface area contributed by atoms with Gasteiger partial charge in [-0.1, -0.05) is 17.7 Å². The molecule has 2 saturated heterocycles. The predicted octanol–water partition coefficient (Wildman–Crippen LogP) is 1.46. The van der Waals surface area contributed by atoms with Crippen LogP contribution in [0.25, 0.3) is 0 Å². The predicted molar refractivity (Wildman–Crippen MR) is 102 cm³/mol. The molecule has 8 nitrogen and oxygen atoms in total. The number of guanidine groups is 1. The summed E-state index contributed by atoms with van der Waals surface area (Å²) in [4.78, 5) is 37.3. The first-order valence-corrected chi connectivity index (χ1v) is 9.44. The lowest BCUT2D eigenvalue weighted by Gasteiger charge is -2.40. The summed E-state index contributed by atoms with van der Waals surface area (Å²) in [6, 6.07) is 6.72. The molecule has 4 rings (SSSR count). The molecule has 0 bridgehead atoms. The Bertz CT molecular complexity index is 801. The quantitative estimate of drug-likeness (QED) is 0.711. The maximum absolute atomic E-state index is 13.1. The van der Waals surface area contributed by atoms with E-state index in [1.807, 2.05) is 41.0 Å². The third-order valence-electron chi connectivity index (χ3n) is 5.16. The van der Waals surface area contributed by atoms with Crippen LogP contribution in [0.1, 0.15) is 6.92 Å². The summed E-state index contributed by atoms with van der Waals surface area (Å²) >= 11 is 6.13. The Hall–Kier alpha value is -2.32. The van der Waals surface area contributed by atoms with Crippen molar-refractivity contribution in [2.75, 3.05) is 44.8 Å². The van der Waals surface area contributed by atoms with Gasteiger partial charge in [-0.15, -0.1) is 0 Å². The molecular formula is C18H22ClN5O3. The zero-order valence-electron chi connectivity index (χ0n) is 15.3. The fourth-order valence-electron chi connectivity index (χ4n) is 3.83. The van der Waals surface area contributed by atoms with Crippen LogP contribution in [0, 0.1) is 0 Å². The number of benzene rings is 1. The van der Waals surface area contributed by atoms with Gasteiger partial charge in [-0.05, 0) is 25.1 Å². The third kappa shape index (κ3) is 2.93. The fourth-order valence-corrected chi connectivity index (χ4v) is 4.02. The highest BCUT2D eigenvalue weighted by Crippen LogP contribution is 2.33. The van der Waals surface area contributed by atoms with E-state index in [4.69, 9.17) is 21.3 Å². The van der Waals surface area contributed by atoms with Gasteiger partial charge in [-0.3, -0.25) is 9.69 Å². The minimum Gasteiger partial charge on any atom is -0.380 e. The van der Waals surface area contributed by atoms with Gasteiger partial charge in [0.2, 0.25) is 5.96 Å². The second-order valence-electron chi connectivity index (χ2n) is 6.69. The molecule has 3 heterocycles. The monoisotopic (exact) mass is 391 g/mol. The molecule has 0 radical (unpaired) electrons. The fraction of sp³-hybridized carbons (Fsp3) is 0.500.